The molecule has 2 amide bonds. The molecule has 1 fully saturated rings. The van der Waals surface area contributed by atoms with Crippen LogP contribution in [-0.4, -0.2) is 17.1 Å². The summed E-state index contributed by atoms with van der Waals surface area (Å²) in [5.41, 5.74) is 3.16. The molecule has 6 heteroatoms. The van der Waals surface area contributed by atoms with Crippen LogP contribution in [0.3, 0.4) is 0 Å². The molecule has 146 valence electrons. The van der Waals surface area contributed by atoms with Crippen LogP contribution in [0.4, 0.5) is 11.4 Å². The molecule has 1 aliphatic heterocycles. The average molecular weight is 404 g/mol. The molecule has 1 atom stereocenters. The molecule has 3 rings (SSSR count). The predicted molar refractivity (Wildman–Crippen MR) is 117 cm³/mol. The van der Waals surface area contributed by atoms with E-state index in [9.17, 15) is 14.9 Å². The number of nitriles is 1. The number of allylic oxidation sites excluding steroid dienone is 1. The minimum absolute atomic E-state index is 0.0836. The Morgan fingerprint density at radius 2 is 1.97 bits per heavy atom. The van der Waals surface area contributed by atoms with Gasteiger partial charge in [-0.25, -0.2) is 0 Å². The molecular weight excluding hydrogens is 382 g/mol. The first kappa shape index (κ1) is 20.4. The lowest BCUT2D eigenvalue weighted by atomic mass is 10.1. The van der Waals surface area contributed by atoms with Crippen LogP contribution in [0.5, 0.6) is 0 Å². The first-order chi connectivity index (χ1) is 14.0. The zero-order valence-electron chi connectivity index (χ0n) is 16.3. The lowest BCUT2D eigenvalue weighted by Gasteiger charge is -2.18. The number of thioether (sulfide) groups is 1. The molecular formula is C23H21N3O2S. The van der Waals surface area contributed by atoms with E-state index >= 15 is 0 Å². The summed E-state index contributed by atoms with van der Waals surface area (Å²) in [4.78, 5) is 27.4. The monoisotopic (exact) mass is 403 g/mol. The van der Waals surface area contributed by atoms with Gasteiger partial charge >= 0.3 is 0 Å². The van der Waals surface area contributed by atoms with Crippen molar-refractivity contribution < 1.29 is 9.59 Å². The number of para-hydroxylation sites is 1. The maximum atomic E-state index is 13.0. The third-order valence-electron chi connectivity index (χ3n) is 4.75. The molecule has 2 aromatic carbocycles. The number of hydrogen-bond donors (Lipinski definition) is 1. The highest BCUT2D eigenvalue weighted by atomic mass is 32.2. The number of hydrogen-bond acceptors (Lipinski definition) is 4. The van der Waals surface area contributed by atoms with E-state index in [1.807, 2.05) is 50.2 Å². The van der Waals surface area contributed by atoms with E-state index < -0.39 is 11.2 Å². The summed E-state index contributed by atoms with van der Waals surface area (Å²) < 4.78 is 0. The van der Waals surface area contributed by atoms with Crippen LogP contribution in [-0.2, 0) is 9.59 Å². The van der Waals surface area contributed by atoms with Gasteiger partial charge in [0.1, 0.15) is 16.7 Å². The van der Waals surface area contributed by atoms with Crippen molar-refractivity contribution in [1.82, 2.24) is 0 Å². The van der Waals surface area contributed by atoms with Crippen molar-refractivity contribution in [3.63, 3.8) is 0 Å². The van der Waals surface area contributed by atoms with Gasteiger partial charge < -0.3 is 5.32 Å². The third kappa shape index (κ3) is 4.10. The second-order valence-corrected chi connectivity index (χ2v) is 7.83. The van der Waals surface area contributed by atoms with Crippen molar-refractivity contribution >= 4 is 35.0 Å². The molecule has 0 aliphatic carbocycles. The molecule has 0 unspecified atom stereocenters. The van der Waals surface area contributed by atoms with E-state index in [-0.39, 0.29) is 11.5 Å². The lowest BCUT2D eigenvalue weighted by Crippen LogP contribution is -2.29. The van der Waals surface area contributed by atoms with Crippen LogP contribution in [0.2, 0.25) is 0 Å². The van der Waals surface area contributed by atoms with Gasteiger partial charge in [-0.15, -0.1) is 6.58 Å². The summed E-state index contributed by atoms with van der Waals surface area (Å²) in [5, 5.41) is 12.5. The van der Waals surface area contributed by atoms with Crippen molar-refractivity contribution in [2.24, 2.45) is 0 Å². The van der Waals surface area contributed by atoms with Crippen LogP contribution < -0.4 is 10.2 Å². The zero-order valence-corrected chi connectivity index (χ0v) is 17.1. The molecule has 1 aliphatic rings. The minimum atomic E-state index is -0.531. The summed E-state index contributed by atoms with van der Waals surface area (Å²) in [6.07, 6.45) is 2.12. The third-order valence-corrected chi connectivity index (χ3v) is 6.04. The smallest absolute Gasteiger partial charge is 0.269 e. The fraction of sp³-hybridized carbons (Fsp3) is 0.174. The molecule has 0 spiro atoms. The van der Waals surface area contributed by atoms with Crippen LogP contribution in [0.15, 0.2) is 71.8 Å². The van der Waals surface area contributed by atoms with Crippen LogP contribution in [0.1, 0.15) is 17.5 Å². The van der Waals surface area contributed by atoms with Gasteiger partial charge in [0.2, 0.25) is 5.91 Å². The molecule has 1 saturated heterocycles. The Balaban J connectivity index is 2.04. The fourth-order valence-electron chi connectivity index (χ4n) is 3.04. The van der Waals surface area contributed by atoms with Crippen molar-refractivity contribution in [2.75, 3.05) is 10.2 Å². The summed E-state index contributed by atoms with van der Waals surface area (Å²) in [6, 6.07) is 16.6. The Morgan fingerprint density at radius 3 is 2.62 bits per heavy atom. The Morgan fingerprint density at radius 1 is 1.24 bits per heavy atom. The standard InChI is InChI=1S/C23H21N3O2S/c1-4-9-20-22(28)26(17-11-6-5-7-12-17)23(29-20)18(14-24)21(27)25-19-13-8-10-15(2)16(19)3/h4-8,10-13,20H,1,9H2,2-3H3,(H,25,27)/b23-18+/t20-/m0/s1. The number of nitrogens with one attached hydrogen (secondary N) is 1. The van der Waals surface area contributed by atoms with Gasteiger partial charge in [0.15, 0.2) is 0 Å². The van der Waals surface area contributed by atoms with E-state index in [4.69, 9.17) is 0 Å². The normalized spacial score (nSPS) is 17.6. The maximum Gasteiger partial charge on any atom is 0.269 e. The van der Waals surface area contributed by atoms with Crippen LogP contribution in [0.25, 0.3) is 0 Å². The largest absolute Gasteiger partial charge is 0.321 e. The number of anilines is 2. The number of carbonyl (C=O) groups is 2. The highest BCUT2D eigenvalue weighted by Crippen LogP contribution is 2.42. The van der Waals surface area contributed by atoms with E-state index in [1.54, 1.807) is 24.3 Å². The zero-order chi connectivity index (χ0) is 21.0. The molecule has 5 nitrogen and oxygen atoms in total. The molecule has 1 N–H and O–H groups in total. The number of carbonyl (C=O) groups excluding carboxylic acids is 2. The van der Waals surface area contributed by atoms with Gasteiger partial charge in [0.25, 0.3) is 5.91 Å². The number of aryl methyl sites for hydroxylation is 1. The Labute approximate surface area is 174 Å². The molecule has 0 radical (unpaired) electrons. The topological polar surface area (TPSA) is 73.2 Å². The first-order valence-electron chi connectivity index (χ1n) is 9.16. The Kier molecular flexibility index (Phi) is 6.20. The molecule has 1 heterocycles. The second kappa shape index (κ2) is 8.80. The van der Waals surface area contributed by atoms with Gasteiger partial charge in [0, 0.05) is 11.4 Å². The Hall–Kier alpha value is -3.30. The van der Waals surface area contributed by atoms with Crippen LogP contribution >= 0.6 is 11.8 Å². The van der Waals surface area contributed by atoms with Gasteiger partial charge in [-0.3, -0.25) is 14.5 Å². The van der Waals surface area contributed by atoms with E-state index in [2.05, 4.69) is 11.9 Å². The number of benzene rings is 2. The van der Waals surface area contributed by atoms with E-state index in [1.165, 1.54) is 16.7 Å². The minimum Gasteiger partial charge on any atom is -0.321 e. The summed E-state index contributed by atoms with van der Waals surface area (Å²) in [7, 11) is 0. The second-order valence-electron chi connectivity index (χ2n) is 6.63. The maximum absolute atomic E-state index is 13.0. The van der Waals surface area contributed by atoms with Gasteiger partial charge in [-0.05, 0) is 49.6 Å². The van der Waals surface area contributed by atoms with Crippen molar-refractivity contribution in [1.29, 1.82) is 5.26 Å². The van der Waals surface area contributed by atoms with Gasteiger partial charge in [-0.2, -0.15) is 5.26 Å². The highest BCUT2D eigenvalue weighted by molar-refractivity contribution is 8.05. The van der Waals surface area contributed by atoms with Crippen molar-refractivity contribution in [3.8, 4) is 6.07 Å². The molecule has 0 bridgehead atoms. The molecule has 2 aromatic rings. The highest BCUT2D eigenvalue weighted by Gasteiger charge is 2.40. The number of amides is 2. The lowest BCUT2D eigenvalue weighted by molar-refractivity contribution is -0.117. The first-order valence-corrected chi connectivity index (χ1v) is 10.0. The number of rotatable bonds is 5. The van der Waals surface area contributed by atoms with E-state index in [0.717, 1.165) is 11.1 Å². The summed E-state index contributed by atoms with van der Waals surface area (Å²) >= 11 is 1.23. The van der Waals surface area contributed by atoms with Crippen molar-refractivity contribution in [3.05, 3.63) is 82.9 Å². The number of nitrogens with zero attached hydrogens (tertiary/aromatic N) is 2. The molecule has 29 heavy (non-hydrogen) atoms. The fourth-order valence-corrected chi connectivity index (χ4v) is 4.31. The quantitative estimate of drug-likeness (QED) is 0.446. The average Bonchev–Trinajstić information content (AvgIpc) is 3.03. The predicted octanol–water partition coefficient (Wildman–Crippen LogP) is 4.70. The van der Waals surface area contributed by atoms with E-state index in [0.29, 0.717) is 22.8 Å². The Bertz CT molecular complexity index is 1040. The molecule has 0 saturated carbocycles. The van der Waals surface area contributed by atoms with Crippen LogP contribution in [0, 0.1) is 25.2 Å². The summed E-state index contributed by atoms with van der Waals surface area (Å²) in [5.74, 6) is -0.694. The van der Waals surface area contributed by atoms with Gasteiger partial charge in [0.05, 0.1) is 5.25 Å². The van der Waals surface area contributed by atoms with Crippen molar-refractivity contribution in [2.45, 2.75) is 25.5 Å². The SMILES string of the molecule is C=CC[C@@H]1S/C(=C(\C#N)C(=O)Nc2cccc(C)c2C)N(c2ccccc2)C1=O. The summed E-state index contributed by atoms with van der Waals surface area (Å²) in [6.45, 7) is 7.58. The van der Waals surface area contributed by atoms with Gasteiger partial charge in [-0.1, -0.05) is 48.2 Å². The molecule has 0 aromatic heterocycles.